The van der Waals surface area contributed by atoms with E-state index >= 15 is 0 Å². The normalized spacial score (nSPS) is 10.9. The van der Waals surface area contributed by atoms with Crippen molar-refractivity contribution in [2.24, 2.45) is 7.05 Å². The highest BCUT2D eigenvalue weighted by molar-refractivity contribution is 7.21. The number of hydrogen-bond acceptors (Lipinski definition) is 8. The molecule has 3 aromatic heterocycles. The van der Waals surface area contributed by atoms with E-state index in [4.69, 9.17) is 39.2 Å². The molecule has 1 aromatic carbocycles. The van der Waals surface area contributed by atoms with E-state index in [1.165, 1.54) is 29.9 Å². The van der Waals surface area contributed by atoms with E-state index in [1.54, 1.807) is 0 Å². The Balaban J connectivity index is 1.93. The molecule has 0 saturated carbocycles. The van der Waals surface area contributed by atoms with Crippen LogP contribution in [-0.2, 0) is 7.05 Å². The summed E-state index contributed by atoms with van der Waals surface area (Å²) < 4.78 is 6.08. The molecule has 6 N–H and O–H groups in total. The molecule has 0 bridgehead atoms. The number of rotatable bonds is 3. The highest BCUT2D eigenvalue weighted by Crippen LogP contribution is 2.41. The number of aryl methyl sites for hydroxylation is 1. The van der Waals surface area contributed by atoms with Gasteiger partial charge in [-0.1, -0.05) is 27.9 Å². The zero-order valence-corrected chi connectivity index (χ0v) is 17.9. The summed E-state index contributed by atoms with van der Waals surface area (Å²) in [5.41, 5.74) is 12.0. The molecule has 0 aliphatic heterocycles. The number of H-pyrrole nitrogens is 1. The molecule has 156 valence electrons. The molecule has 0 radical (unpaired) electrons. The molecule has 1 amide bonds. The molecule has 4 aromatic rings. The van der Waals surface area contributed by atoms with Gasteiger partial charge in [-0.3, -0.25) is 9.32 Å². The van der Waals surface area contributed by atoms with E-state index in [2.05, 4.69) is 15.6 Å². The van der Waals surface area contributed by atoms with Crippen molar-refractivity contribution in [1.29, 1.82) is 5.26 Å². The summed E-state index contributed by atoms with van der Waals surface area (Å²) in [5.74, 6) is -0.659. The smallest absolute Gasteiger partial charge is 0.397 e. The summed E-state index contributed by atoms with van der Waals surface area (Å²) in [5, 5.41) is 15.6. The zero-order valence-electron chi connectivity index (χ0n) is 15.6. The number of halogens is 2. The number of carbonyl (C=O) groups is 1. The van der Waals surface area contributed by atoms with Gasteiger partial charge in [0.2, 0.25) is 0 Å². The van der Waals surface area contributed by atoms with Crippen LogP contribution in [0.1, 0.15) is 15.2 Å². The third-order valence-electron chi connectivity index (χ3n) is 4.38. The number of hydrogen-bond donors (Lipinski definition) is 4. The number of nitrogens with one attached hydrogen (secondary N) is 2. The van der Waals surface area contributed by atoms with E-state index in [-0.39, 0.29) is 43.4 Å². The minimum absolute atomic E-state index is 0.00808. The monoisotopic (exact) mass is 476 g/mol. The number of pyridine rings is 1. The lowest BCUT2D eigenvalue weighted by Gasteiger charge is -2.06. The Morgan fingerprint density at radius 3 is 2.58 bits per heavy atom. The van der Waals surface area contributed by atoms with Gasteiger partial charge in [0.15, 0.2) is 7.05 Å². The molecule has 10 nitrogen and oxygen atoms in total. The molecule has 4 rings (SSSR count). The topological polar surface area (TPSA) is 168 Å². The van der Waals surface area contributed by atoms with E-state index in [0.717, 1.165) is 11.3 Å². The fourth-order valence-electron chi connectivity index (χ4n) is 3.11. The minimum Gasteiger partial charge on any atom is -0.397 e. The fraction of sp³-hybridized carbons (Fsp3) is 0.0556. The SMILES string of the molecule is C[n+]1[nH]oc(=O)c1-c1c(C#N)c(N)nc2sc(C(=O)Nc3cc(Cl)cc(Cl)c3)c(N)c12. The highest BCUT2D eigenvalue weighted by atomic mass is 35.5. The number of anilines is 3. The maximum atomic E-state index is 12.9. The first-order valence-corrected chi connectivity index (χ1v) is 10.0. The summed E-state index contributed by atoms with van der Waals surface area (Å²) >= 11 is 12.9. The molecule has 13 heteroatoms. The molecule has 31 heavy (non-hydrogen) atoms. The van der Waals surface area contributed by atoms with Crippen LogP contribution in [-0.4, -0.2) is 16.2 Å². The second kappa shape index (κ2) is 7.59. The molecular weight excluding hydrogens is 465 g/mol. The molecule has 0 aliphatic carbocycles. The van der Waals surface area contributed by atoms with Crippen LogP contribution in [0.4, 0.5) is 17.2 Å². The number of amides is 1. The van der Waals surface area contributed by atoms with Crippen molar-refractivity contribution < 1.29 is 14.0 Å². The number of nitrogens with two attached hydrogens (primary N) is 2. The van der Waals surface area contributed by atoms with Crippen LogP contribution in [0.2, 0.25) is 10.0 Å². The second-order valence-electron chi connectivity index (χ2n) is 6.38. The Bertz CT molecular complexity index is 1460. The van der Waals surface area contributed by atoms with Gasteiger partial charge in [0.05, 0.1) is 16.6 Å². The van der Waals surface area contributed by atoms with Gasteiger partial charge in [-0.2, -0.15) is 5.26 Å². The molecule has 0 fully saturated rings. The third kappa shape index (κ3) is 3.46. The van der Waals surface area contributed by atoms with Crippen LogP contribution in [0.15, 0.2) is 27.5 Å². The number of aromatic amines is 1. The number of nitrogens with zero attached hydrogens (tertiary/aromatic N) is 3. The second-order valence-corrected chi connectivity index (χ2v) is 8.26. The molecular formula is C18H12Cl2N7O3S+. The zero-order chi connectivity index (χ0) is 22.4. The Kier molecular flexibility index (Phi) is 5.06. The molecule has 0 saturated heterocycles. The lowest BCUT2D eigenvalue weighted by molar-refractivity contribution is -0.730. The van der Waals surface area contributed by atoms with Crippen LogP contribution in [0.3, 0.4) is 0 Å². The van der Waals surface area contributed by atoms with Gasteiger partial charge in [0.25, 0.3) is 5.91 Å². The van der Waals surface area contributed by atoms with Gasteiger partial charge < -0.3 is 16.8 Å². The van der Waals surface area contributed by atoms with Gasteiger partial charge in [-0.05, 0) is 23.5 Å². The highest BCUT2D eigenvalue weighted by Gasteiger charge is 2.32. The van der Waals surface area contributed by atoms with Crippen molar-refractivity contribution in [1.82, 2.24) is 10.3 Å². The lowest BCUT2D eigenvalue weighted by atomic mass is 10.0. The quantitative estimate of drug-likeness (QED) is 0.329. The number of carbonyl (C=O) groups excluding carboxylic acids is 1. The number of fused-ring (bicyclic) bond motifs is 1. The molecule has 0 aliphatic rings. The maximum absolute atomic E-state index is 12.9. The number of aromatic nitrogens is 3. The van der Waals surface area contributed by atoms with Crippen LogP contribution < -0.4 is 27.1 Å². The van der Waals surface area contributed by atoms with Crippen molar-refractivity contribution in [3.05, 3.63) is 49.1 Å². The average molecular weight is 477 g/mol. The third-order valence-corrected chi connectivity index (χ3v) is 5.92. The molecule has 3 heterocycles. The minimum atomic E-state index is -0.740. The molecule has 0 spiro atoms. The predicted molar refractivity (Wildman–Crippen MR) is 117 cm³/mol. The Hall–Kier alpha value is -3.59. The summed E-state index contributed by atoms with van der Waals surface area (Å²) in [7, 11) is 1.52. The van der Waals surface area contributed by atoms with Gasteiger partial charge >= 0.3 is 11.3 Å². The largest absolute Gasteiger partial charge is 0.435 e. The van der Waals surface area contributed by atoms with E-state index < -0.39 is 11.5 Å². The van der Waals surface area contributed by atoms with Gasteiger partial charge in [-0.25, -0.2) is 9.78 Å². The predicted octanol–water partition coefficient (Wildman–Crippen LogP) is 2.66. The first-order chi connectivity index (χ1) is 14.7. The molecule has 0 unspecified atom stereocenters. The average Bonchev–Trinajstić information content (AvgIpc) is 3.19. The van der Waals surface area contributed by atoms with Crippen molar-refractivity contribution >= 4 is 67.9 Å². The van der Waals surface area contributed by atoms with Crippen molar-refractivity contribution in [2.45, 2.75) is 0 Å². The Labute approximate surface area is 187 Å². The van der Waals surface area contributed by atoms with Crippen LogP contribution >= 0.6 is 34.5 Å². The van der Waals surface area contributed by atoms with Crippen molar-refractivity contribution in [2.75, 3.05) is 16.8 Å². The number of benzene rings is 1. The summed E-state index contributed by atoms with van der Waals surface area (Å²) in [4.78, 5) is 29.8. The lowest BCUT2D eigenvalue weighted by Crippen LogP contribution is -2.34. The number of thiophene rings is 1. The standard InChI is InChI=1S/C18H11Cl2N7O3S/c1-27-13(18(29)30-26-27)10-9(5-21)15(23)25-17-11(10)12(22)14(31-17)16(28)24-8-3-6(19)2-7(20)4-8/h2-4H,1H3,(H5-,22,23,24,25,26,28,29)/p+1. The fourth-order valence-corrected chi connectivity index (χ4v) is 4.65. The number of nitrogen functional groups attached to an aromatic ring is 2. The van der Waals surface area contributed by atoms with E-state index in [1.807, 2.05) is 6.07 Å². The van der Waals surface area contributed by atoms with Crippen LogP contribution in [0, 0.1) is 11.3 Å². The molecule has 0 atom stereocenters. The summed E-state index contributed by atoms with van der Waals surface area (Å²) in [6.07, 6.45) is 0. The van der Waals surface area contributed by atoms with Gasteiger partial charge in [0, 0.05) is 15.7 Å². The number of nitriles is 1. The Morgan fingerprint density at radius 1 is 1.32 bits per heavy atom. The van der Waals surface area contributed by atoms with E-state index in [0.29, 0.717) is 15.7 Å². The first kappa shape index (κ1) is 20.7. The van der Waals surface area contributed by atoms with Crippen molar-refractivity contribution in [3.8, 4) is 17.3 Å². The summed E-state index contributed by atoms with van der Waals surface area (Å²) in [6, 6.07) is 6.51. The summed E-state index contributed by atoms with van der Waals surface area (Å²) in [6.45, 7) is 0. The van der Waals surface area contributed by atoms with Crippen LogP contribution in [0.5, 0.6) is 0 Å². The van der Waals surface area contributed by atoms with Gasteiger partial charge in [0.1, 0.15) is 27.2 Å². The van der Waals surface area contributed by atoms with Crippen LogP contribution in [0.25, 0.3) is 21.5 Å². The maximum Gasteiger partial charge on any atom is 0.435 e. The first-order valence-electron chi connectivity index (χ1n) is 8.48. The Morgan fingerprint density at radius 2 is 2.00 bits per heavy atom. The van der Waals surface area contributed by atoms with Crippen molar-refractivity contribution in [3.63, 3.8) is 0 Å². The van der Waals surface area contributed by atoms with E-state index in [9.17, 15) is 14.9 Å². The van der Waals surface area contributed by atoms with Gasteiger partial charge in [-0.15, -0.1) is 11.3 Å².